The van der Waals surface area contributed by atoms with Crippen LogP contribution in [0.1, 0.15) is 45.1 Å². The summed E-state index contributed by atoms with van der Waals surface area (Å²) in [6, 6.07) is 2.81. The van der Waals surface area contributed by atoms with Crippen LogP contribution >= 0.6 is 11.8 Å². The third-order valence-corrected chi connectivity index (χ3v) is 6.41. The van der Waals surface area contributed by atoms with Gasteiger partial charge in [-0.3, -0.25) is 4.79 Å². The number of benzene rings is 1. The molecule has 1 fully saturated rings. The molecule has 0 unspecified atom stereocenters. The summed E-state index contributed by atoms with van der Waals surface area (Å²) in [7, 11) is 0. The van der Waals surface area contributed by atoms with Gasteiger partial charge in [0.1, 0.15) is 5.82 Å². The second-order valence-corrected chi connectivity index (χ2v) is 8.58. The van der Waals surface area contributed by atoms with Crippen LogP contribution in [0.4, 0.5) is 23.2 Å². The van der Waals surface area contributed by atoms with Gasteiger partial charge in [0.2, 0.25) is 5.91 Å². The Hall–Kier alpha value is -1.44. The topological polar surface area (TPSA) is 23.6 Å². The van der Waals surface area contributed by atoms with Crippen LogP contribution < -0.4 is 4.90 Å². The van der Waals surface area contributed by atoms with Gasteiger partial charge >= 0.3 is 6.18 Å². The number of thioether (sulfide) groups is 1. The monoisotopic (exact) mass is 434 g/mol. The first-order chi connectivity index (χ1) is 13.7. The first-order valence-corrected chi connectivity index (χ1v) is 11.2. The van der Waals surface area contributed by atoms with Crippen molar-refractivity contribution >= 4 is 23.4 Å². The Morgan fingerprint density at radius 2 is 1.69 bits per heavy atom. The highest BCUT2D eigenvalue weighted by Gasteiger charge is 2.29. The second kappa shape index (κ2) is 10.5. The minimum absolute atomic E-state index is 0.0398. The molecule has 0 N–H and O–H groups in total. The van der Waals surface area contributed by atoms with Gasteiger partial charge in [0.15, 0.2) is 0 Å². The largest absolute Gasteiger partial charge is 0.398 e. The molecule has 0 radical (unpaired) electrons. The predicted molar refractivity (Wildman–Crippen MR) is 110 cm³/mol. The van der Waals surface area contributed by atoms with E-state index in [4.69, 9.17) is 0 Å². The van der Waals surface area contributed by atoms with Gasteiger partial charge in [-0.25, -0.2) is 4.39 Å². The molecule has 0 aliphatic carbocycles. The number of hydrogen-bond acceptors (Lipinski definition) is 3. The van der Waals surface area contributed by atoms with E-state index in [2.05, 4.69) is 13.8 Å². The summed E-state index contributed by atoms with van der Waals surface area (Å²) in [6.07, 6.45) is -0.601. The second-order valence-electron chi connectivity index (χ2n) is 7.56. The summed E-state index contributed by atoms with van der Waals surface area (Å²) in [6.45, 7) is 7.71. The molecule has 0 aromatic heterocycles. The molecule has 0 bridgehead atoms. The molecule has 3 nitrogen and oxygen atoms in total. The zero-order chi connectivity index (χ0) is 21.6. The number of carbonyl (C=O) groups is 1. The van der Waals surface area contributed by atoms with E-state index >= 15 is 0 Å². The molecule has 1 saturated heterocycles. The molecular formula is C21H30F4N2OS. The Kier molecular flexibility index (Phi) is 8.67. The highest BCUT2D eigenvalue weighted by Crippen LogP contribution is 2.34. The number of piperazine rings is 1. The number of nitrogens with zero attached hydrogens (tertiary/aromatic N) is 2. The molecule has 1 amide bonds. The van der Waals surface area contributed by atoms with Gasteiger partial charge in [0, 0.05) is 37.0 Å². The van der Waals surface area contributed by atoms with E-state index in [0.717, 1.165) is 25.7 Å². The minimum atomic E-state index is -4.27. The standard InChI is InChI=1S/C21H30F4N2OS/c1-4-6-16(7-5-2)20(28)27-10-8-26(9-11-27)18-13-19(15(3)12-17(18)22)29-14-21(23,24)25/h12-13,16H,4-11,14H2,1-3H3. The van der Waals surface area contributed by atoms with Crippen molar-refractivity contribution in [3.8, 4) is 0 Å². The van der Waals surface area contributed by atoms with Gasteiger partial charge < -0.3 is 9.80 Å². The normalized spacial score (nSPS) is 15.3. The smallest absolute Gasteiger partial charge is 0.366 e. The summed E-state index contributed by atoms with van der Waals surface area (Å²) in [4.78, 5) is 16.9. The highest BCUT2D eigenvalue weighted by atomic mass is 32.2. The lowest BCUT2D eigenvalue weighted by Crippen LogP contribution is -2.50. The average Bonchev–Trinajstić information content (AvgIpc) is 2.66. The molecule has 1 aliphatic heterocycles. The van der Waals surface area contributed by atoms with E-state index in [1.165, 1.54) is 12.1 Å². The van der Waals surface area contributed by atoms with Gasteiger partial charge in [-0.05, 0) is 37.5 Å². The maximum Gasteiger partial charge on any atom is 0.398 e. The zero-order valence-corrected chi connectivity index (χ0v) is 18.1. The molecule has 0 saturated carbocycles. The minimum Gasteiger partial charge on any atom is -0.366 e. The Bertz CT molecular complexity index is 682. The van der Waals surface area contributed by atoms with Crippen molar-refractivity contribution in [2.24, 2.45) is 5.92 Å². The first kappa shape index (κ1) is 23.8. The number of anilines is 1. The van der Waals surface area contributed by atoms with Gasteiger partial charge in [-0.2, -0.15) is 13.2 Å². The number of carbonyl (C=O) groups excluding carboxylic acids is 1. The molecule has 1 aromatic rings. The average molecular weight is 435 g/mol. The fourth-order valence-electron chi connectivity index (χ4n) is 3.71. The van der Waals surface area contributed by atoms with E-state index in [9.17, 15) is 22.4 Å². The lowest BCUT2D eigenvalue weighted by Gasteiger charge is -2.38. The summed E-state index contributed by atoms with van der Waals surface area (Å²) in [5, 5.41) is 0. The van der Waals surface area contributed by atoms with Gasteiger partial charge in [-0.15, -0.1) is 11.8 Å². The third kappa shape index (κ3) is 6.79. The summed E-state index contributed by atoms with van der Waals surface area (Å²) >= 11 is 0.678. The van der Waals surface area contributed by atoms with Crippen LogP contribution in [0.25, 0.3) is 0 Å². The van der Waals surface area contributed by atoms with Gasteiger partial charge in [-0.1, -0.05) is 26.7 Å². The van der Waals surface area contributed by atoms with Crippen LogP contribution in [0.2, 0.25) is 0 Å². The maximum atomic E-state index is 14.5. The SMILES string of the molecule is CCCC(CCC)C(=O)N1CCN(c2cc(SCC(F)(F)F)c(C)cc2F)CC1. The van der Waals surface area contributed by atoms with Crippen molar-refractivity contribution in [1.82, 2.24) is 4.90 Å². The van der Waals surface area contributed by atoms with Crippen LogP contribution in [0.3, 0.4) is 0 Å². The molecule has 1 aromatic carbocycles. The fraction of sp³-hybridized carbons (Fsp3) is 0.667. The zero-order valence-electron chi connectivity index (χ0n) is 17.3. The molecular weight excluding hydrogens is 404 g/mol. The van der Waals surface area contributed by atoms with Crippen LogP contribution in [0.15, 0.2) is 17.0 Å². The first-order valence-electron chi connectivity index (χ1n) is 10.2. The van der Waals surface area contributed by atoms with Crippen molar-refractivity contribution in [2.75, 3.05) is 36.8 Å². The molecule has 1 aliphatic rings. The lowest BCUT2D eigenvalue weighted by molar-refractivity contribution is -0.136. The maximum absolute atomic E-state index is 14.5. The van der Waals surface area contributed by atoms with E-state index in [0.29, 0.717) is 54.1 Å². The predicted octanol–water partition coefficient (Wildman–Crippen LogP) is 5.65. The number of halogens is 4. The molecule has 164 valence electrons. The van der Waals surface area contributed by atoms with Crippen molar-refractivity contribution in [3.63, 3.8) is 0 Å². The quantitative estimate of drug-likeness (QED) is 0.390. The molecule has 8 heteroatoms. The molecule has 0 spiro atoms. The van der Waals surface area contributed by atoms with Gasteiger partial charge in [0.05, 0.1) is 11.4 Å². The Morgan fingerprint density at radius 1 is 1.10 bits per heavy atom. The Labute approximate surface area is 174 Å². The molecule has 1 heterocycles. The van der Waals surface area contributed by atoms with E-state index in [-0.39, 0.29) is 11.8 Å². The van der Waals surface area contributed by atoms with Crippen molar-refractivity contribution in [1.29, 1.82) is 0 Å². The number of aryl methyl sites for hydroxylation is 1. The van der Waals surface area contributed by atoms with E-state index < -0.39 is 17.7 Å². The van der Waals surface area contributed by atoms with Crippen molar-refractivity contribution < 1.29 is 22.4 Å². The number of rotatable bonds is 8. The molecule has 0 atom stereocenters. The van der Waals surface area contributed by atoms with Crippen molar-refractivity contribution in [2.45, 2.75) is 57.5 Å². The van der Waals surface area contributed by atoms with Crippen LogP contribution in [-0.2, 0) is 4.79 Å². The highest BCUT2D eigenvalue weighted by molar-refractivity contribution is 7.99. The molecule has 2 rings (SSSR count). The van der Waals surface area contributed by atoms with Crippen LogP contribution in [0.5, 0.6) is 0 Å². The van der Waals surface area contributed by atoms with Crippen molar-refractivity contribution in [3.05, 3.63) is 23.5 Å². The Balaban J connectivity index is 2.05. The van der Waals surface area contributed by atoms with Crippen LogP contribution in [-0.4, -0.2) is 48.9 Å². The van der Waals surface area contributed by atoms with Crippen LogP contribution in [0, 0.1) is 18.7 Å². The summed E-state index contributed by atoms with van der Waals surface area (Å²) < 4.78 is 52.2. The summed E-state index contributed by atoms with van der Waals surface area (Å²) in [5.74, 6) is -1.23. The summed E-state index contributed by atoms with van der Waals surface area (Å²) in [5.41, 5.74) is 0.808. The van der Waals surface area contributed by atoms with E-state index in [1.807, 2.05) is 9.80 Å². The Morgan fingerprint density at radius 3 is 2.21 bits per heavy atom. The van der Waals surface area contributed by atoms with Gasteiger partial charge in [0.25, 0.3) is 0 Å². The molecule has 29 heavy (non-hydrogen) atoms. The number of amides is 1. The number of alkyl halides is 3. The third-order valence-electron chi connectivity index (χ3n) is 5.19. The number of hydrogen-bond donors (Lipinski definition) is 0. The van der Waals surface area contributed by atoms with E-state index in [1.54, 1.807) is 6.92 Å². The lowest BCUT2D eigenvalue weighted by atomic mass is 9.96. The fourth-order valence-corrected chi connectivity index (χ4v) is 4.51.